The van der Waals surface area contributed by atoms with Crippen LogP contribution in [0.3, 0.4) is 0 Å². The third-order valence-electron chi connectivity index (χ3n) is 4.20. The van der Waals surface area contributed by atoms with E-state index in [1.54, 1.807) is 24.3 Å². The van der Waals surface area contributed by atoms with Crippen LogP contribution in [0.4, 0.5) is 4.39 Å². The molecule has 150 valence electrons. The second-order valence-electron chi connectivity index (χ2n) is 6.58. The van der Waals surface area contributed by atoms with Crippen molar-refractivity contribution in [2.24, 2.45) is 5.16 Å². The van der Waals surface area contributed by atoms with Gasteiger partial charge in [0.05, 0.1) is 23.4 Å². The van der Waals surface area contributed by atoms with E-state index in [9.17, 15) is 21.2 Å². The Morgan fingerprint density at radius 1 is 1.07 bits per heavy atom. The second kappa shape index (κ2) is 7.61. The molecular formula is C18H19FN2O5S2. The number of hydrogen-bond donors (Lipinski definition) is 1. The molecule has 2 aromatic carbocycles. The first-order valence-electron chi connectivity index (χ1n) is 8.31. The van der Waals surface area contributed by atoms with Gasteiger partial charge in [-0.25, -0.2) is 25.9 Å². The molecule has 10 heteroatoms. The van der Waals surface area contributed by atoms with Crippen molar-refractivity contribution >= 4 is 25.6 Å². The molecule has 0 unspecified atom stereocenters. The molecule has 28 heavy (non-hydrogen) atoms. The predicted molar refractivity (Wildman–Crippen MR) is 104 cm³/mol. The number of nitrogens with zero attached hydrogens (tertiary/aromatic N) is 1. The summed E-state index contributed by atoms with van der Waals surface area (Å²) in [5.74, 6) is -0.481. The Hall–Kier alpha value is -2.30. The van der Waals surface area contributed by atoms with E-state index in [2.05, 4.69) is 9.88 Å². The molecule has 7 nitrogen and oxygen atoms in total. The summed E-state index contributed by atoms with van der Waals surface area (Å²) in [6.07, 6.45) is 2.07. The molecule has 1 aliphatic heterocycles. The number of nitrogens with one attached hydrogen (secondary N) is 1. The highest BCUT2D eigenvalue weighted by Crippen LogP contribution is 2.26. The summed E-state index contributed by atoms with van der Waals surface area (Å²) in [5, 5.41) is 3.92. The molecule has 3 rings (SSSR count). The van der Waals surface area contributed by atoms with Crippen LogP contribution in [0.5, 0.6) is 0 Å². The van der Waals surface area contributed by atoms with E-state index in [1.807, 2.05) is 0 Å². The molecule has 0 bridgehead atoms. The number of benzene rings is 2. The van der Waals surface area contributed by atoms with Gasteiger partial charge in [-0.3, -0.25) is 0 Å². The highest BCUT2D eigenvalue weighted by atomic mass is 32.2. The molecule has 0 aliphatic carbocycles. The van der Waals surface area contributed by atoms with Crippen molar-refractivity contribution in [2.45, 2.75) is 17.4 Å². The second-order valence-corrected chi connectivity index (χ2v) is 10.4. The third kappa shape index (κ3) is 4.94. The van der Waals surface area contributed by atoms with Crippen molar-refractivity contribution in [3.63, 3.8) is 0 Å². The maximum absolute atomic E-state index is 14.6. The van der Waals surface area contributed by atoms with Gasteiger partial charge < -0.3 is 4.84 Å². The van der Waals surface area contributed by atoms with Crippen molar-refractivity contribution in [2.75, 3.05) is 19.1 Å². The van der Waals surface area contributed by atoms with Crippen LogP contribution in [0.1, 0.15) is 12.0 Å². The van der Waals surface area contributed by atoms with E-state index >= 15 is 0 Å². The molecule has 0 amide bonds. The SMILES string of the molecule is CS(=O)(=O)NC[C@H]1CC(c2ccc(-c3ccc(S(C)(=O)=O)cc3)c(F)c2)=NO1. The predicted octanol–water partition coefficient (Wildman–Crippen LogP) is 1.94. The van der Waals surface area contributed by atoms with Gasteiger partial charge in [-0.05, 0) is 23.8 Å². The van der Waals surface area contributed by atoms with Crippen molar-refractivity contribution < 1.29 is 26.1 Å². The minimum Gasteiger partial charge on any atom is -0.390 e. The standard InChI is InChI=1S/C18H19FN2O5S2/c1-27(22,23)15-6-3-12(4-7-15)16-8-5-13(9-17(16)19)18-10-14(26-21-18)11-20-28(2,24)25/h3-9,14,20H,10-11H2,1-2H3/t14-/m1/s1. The lowest BCUT2D eigenvalue weighted by atomic mass is 9.99. The van der Waals surface area contributed by atoms with E-state index in [0.29, 0.717) is 28.8 Å². The summed E-state index contributed by atoms with van der Waals surface area (Å²) in [5.41, 5.74) is 1.95. The molecule has 0 spiro atoms. The highest BCUT2D eigenvalue weighted by Gasteiger charge is 2.24. The zero-order chi connectivity index (χ0) is 20.5. The normalized spacial score (nSPS) is 17.2. The molecular weight excluding hydrogens is 407 g/mol. The first-order chi connectivity index (χ1) is 13.0. The smallest absolute Gasteiger partial charge is 0.208 e. The number of hydrogen-bond acceptors (Lipinski definition) is 6. The van der Waals surface area contributed by atoms with Gasteiger partial charge in [-0.1, -0.05) is 29.4 Å². The fourth-order valence-electron chi connectivity index (χ4n) is 2.76. The minimum atomic E-state index is -3.33. The van der Waals surface area contributed by atoms with Gasteiger partial charge in [0, 0.05) is 23.8 Å². The summed E-state index contributed by atoms with van der Waals surface area (Å²) in [7, 11) is -6.64. The summed E-state index contributed by atoms with van der Waals surface area (Å²) in [6.45, 7) is 0.0824. The molecule has 0 fully saturated rings. The van der Waals surface area contributed by atoms with Crippen LogP contribution in [0, 0.1) is 5.82 Å². The number of sulfonamides is 1. The fourth-order valence-corrected chi connectivity index (χ4v) is 3.88. The Bertz CT molecular complexity index is 1130. The average molecular weight is 426 g/mol. The maximum Gasteiger partial charge on any atom is 0.208 e. The topological polar surface area (TPSA) is 102 Å². The Labute approximate surface area is 163 Å². The van der Waals surface area contributed by atoms with Crippen LogP contribution in [0.15, 0.2) is 52.5 Å². The Morgan fingerprint density at radius 3 is 2.29 bits per heavy atom. The summed E-state index contributed by atoms with van der Waals surface area (Å²) in [6, 6.07) is 10.6. The molecule has 0 aromatic heterocycles. The molecule has 0 saturated carbocycles. The Kier molecular flexibility index (Phi) is 5.55. The minimum absolute atomic E-state index is 0.0824. The van der Waals surface area contributed by atoms with Gasteiger partial charge in [0.2, 0.25) is 10.0 Å². The summed E-state index contributed by atoms with van der Waals surface area (Å²) < 4.78 is 62.3. The van der Waals surface area contributed by atoms with E-state index in [1.165, 1.54) is 18.2 Å². The maximum atomic E-state index is 14.6. The largest absolute Gasteiger partial charge is 0.390 e. The van der Waals surface area contributed by atoms with Gasteiger partial charge >= 0.3 is 0 Å². The average Bonchev–Trinajstić information content (AvgIpc) is 3.08. The lowest BCUT2D eigenvalue weighted by molar-refractivity contribution is 0.0891. The van der Waals surface area contributed by atoms with Crippen LogP contribution in [0.2, 0.25) is 0 Å². The van der Waals surface area contributed by atoms with E-state index in [4.69, 9.17) is 4.84 Å². The molecule has 1 N–H and O–H groups in total. The van der Waals surface area contributed by atoms with Gasteiger partial charge in [0.25, 0.3) is 0 Å². The zero-order valence-electron chi connectivity index (χ0n) is 15.2. The van der Waals surface area contributed by atoms with Crippen molar-refractivity contribution in [3.8, 4) is 11.1 Å². The Balaban J connectivity index is 1.75. The van der Waals surface area contributed by atoms with Crippen LogP contribution in [0.25, 0.3) is 11.1 Å². The van der Waals surface area contributed by atoms with Gasteiger partial charge in [0.1, 0.15) is 11.9 Å². The highest BCUT2D eigenvalue weighted by molar-refractivity contribution is 7.90. The first-order valence-corrected chi connectivity index (χ1v) is 12.1. The van der Waals surface area contributed by atoms with Crippen molar-refractivity contribution in [1.29, 1.82) is 0 Å². The molecule has 1 heterocycles. The van der Waals surface area contributed by atoms with Crippen LogP contribution in [-0.4, -0.2) is 47.7 Å². The lowest BCUT2D eigenvalue weighted by Gasteiger charge is -2.08. The van der Waals surface area contributed by atoms with Crippen LogP contribution >= 0.6 is 0 Å². The van der Waals surface area contributed by atoms with Crippen molar-refractivity contribution in [1.82, 2.24) is 4.72 Å². The fraction of sp³-hybridized carbons (Fsp3) is 0.278. The number of halogens is 1. The number of oxime groups is 1. The monoisotopic (exact) mass is 426 g/mol. The van der Waals surface area contributed by atoms with Crippen LogP contribution in [-0.2, 0) is 24.7 Å². The lowest BCUT2D eigenvalue weighted by Crippen LogP contribution is -2.31. The first kappa shape index (κ1) is 20.4. The van der Waals surface area contributed by atoms with Gasteiger partial charge in [0.15, 0.2) is 9.84 Å². The molecule has 0 saturated heterocycles. The quantitative estimate of drug-likeness (QED) is 0.761. The Morgan fingerprint density at radius 2 is 1.71 bits per heavy atom. The van der Waals surface area contributed by atoms with Crippen LogP contribution < -0.4 is 4.72 Å². The number of sulfone groups is 1. The van der Waals surface area contributed by atoms with Gasteiger partial charge in [-0.15, -0.1) is 0 Å². The van der Waals surface area contributed by atoms with E-state index in [0.717, 1.165) is 12.5 Å². The van der Waals surface area contributed by atoms with Gasteiger partial charge in [-0.2, -0.15) is 0 Å². The number of rotatable bonds is 6. The van der Waals surface area contributed by atoms with Crippen molar-refractivity contribution in [3.05, 3.63) is 53.8 Å². The molecule has 1 aliphatic rings. The third-order valence-corrected chi connectivity index (χ3v) is 6.02. The molecule has 0 radical (unpaired) electrons. The summed E-state index contributed by atoms with van der Waals surface area (Å²) >= 11 is 0. The van der Waals surface area contributed by atoms with E-state index in [-0.39, 0.29) is 11.4 Å². The summed E-state index contributed by atoms with van der Waals surface area (Å²) in [4.78, 5) is 5.36. The zero-order valence-corrected chi connectivity index (χ0v) is 16.8. The van der Waals surface area contributed by atoms with E-state index < -0.39 is 31.8 Å². The molecule has 2 aromatic rings. The molecule has 1 atom stereocenters.